The van der Waals surface area contributed by atoms with Crippen molar-refractivity contribution in [2.45, 2.75) is 55.3 Å². The maximum atomic E-state index is 4.48. The summed E-state index contributed by atoms with van der Waals surface area (Å²) in [7, 11) is 0. The molecule has 2 nitrogen and oxygen atoms in total. The van der Waals surface area contributed by atoms with Crippen LogP contribution in [0.5, 0.6) is 0 Å². The Morgan fingerprint density at radius 2 is 2.28 bits per heavy atom. The lowest BCUT2D eigenvalue weighted by molar-refractivity contribution is 0.384. The van der Waals surface area contributed by atoms with Crippen LogP contribution in [0.15, 0.2) is 27.8 Å². The van der Waals surface area contributed by atoms with E-state index in [0.29, 0.717) is 11.3 Å². The van der Waals surface area contributed by atoms with Crippen LogP contribution in [0.2, 0.25) is 0 Å². The van der Waals surface area contributed by atoms with Gasteiger partial charge in [0.05, 0.1) is 0 Å². The van der Waals surface area contributed by atoms with Crippen molar-refractivity contribution < 1.29 is 0 Å². The van der Waals surface area contributed by atoms with E-state index in [1.165, 1.54) is 32.1 Å². The maximum Gasteiger partial charge on any atom is 0.110 e. The molecule has 1 N–H and O–H groups in total. The van der Waals surface area contributed by atoms with Crippen LogP contribution in [0, 0.1) is 0 Å². The number of pyridine rings is 1. The van der Waals surface area contributed by atoms with Crippen molar-refractivity contribution in [1.29, 1.82) is 0 Å². The SMILES string of the molecule is CCCNC1CCCCC1Sc1ncccc1Br. The lowest BCUT2D eigenvalue weighted by Crippen LogP contribution is -2.40. The summed E-state index contributed by atoms with van der Waals surface area (Å²) in [6.45, 7) is 3.36. The molecule has 0 bridgehead atoms. The molecule has 0 spiro atoms. The summed E-state index contributed by atoms with van der Waals surface area (Å²) in [6, 6.07) is 4.70. The van der Waals surface area contributed by atoms with E-state index in [0.717, 1.165) is 16.0 Å². The van der Waals surface area contributed by atoms with Crippen LogP contribution in [0.3, 0.4) is 0 Å². The fraction of sp³-hybridized carbons (Fsp3) is 0.643. The zero-order chi connectivity index (χ0) is 12.8. The van der Waals surface area contributed by atoms with Gasteiger partial charge in [-0.15, -0.1) is 11.8 Å². The van der Waals surface area contributed by atoms with Gasteiger partial charge < -0.3 is 5.32 Å². The summed E-state index contributed by atoms with van der Waals surface area (Å²) in [5.41, 5.74) is 0. The molecule has 1 aliphatic rings. The maximum absolute atomic E-state index is 4.48. The summed E-state index contributed by atoms with van der Waals surface area (Å²) in [4.78, 5) is 4.48. The van der Waals surface area contributed by atoms with Crippen LogP contribution in [0.4, 0.5) is 0 Å². The molecule has 100 valence electrons. The van der Waals surface area contributed by atoms with Crippen molar-refractivity contribution >= 4 is 27.7 Å². The molecule has 2 unspecified atom stereocenters. The number of rotatable bonds is 5. The molecule has 0 amide bonds. The first kappa shape index (κ1) is 14.4. The van der Waals surface area contributed by atoms with Crippen LogP contribution >= 0.6 is 27.7 Å². The second-order valence-electron chi connectivity index (χ2n) is 4.79. The molecule has 0 saturated heterocycles. The predicted octanol–water partition coefficient (Wildman–Crippen LogP) is 4.25. The summed E-state index contributed by atoms with van der Waals surface area (Å²) < 4.78 is 1.12. The van der Waals surface area contributed by atoms with Gasteiger partial charge in [-0.3, -0.25) is 0 Å². The predicted molar refractivity (Wildman–Crippen MR) is 82.1 cm³/mol. The van der Waals surface area contributed by atoms with E-state index in [2.05, 4.69) is 39.2 Å². The third kappa shape index (κ3) is 3.97. The van der Waals surface area contributed by atoms with E-state index >= 15 is 0 Å². The average Bonchev–Trinajstić information content (AvgIpc) is 2.40. The molecule has 1 aromatic rings. The Morgan fingerprint density at radius 1 is 1.44 bits per heavy atom. The average molecular weight is 329 g/mol. The number of thioether (sulfide) groups is 1. The largest absolute Gasteiger partial charge is 0.313 e. The summed E-state index contributed by atoms with van der Waals surface area (Å²) in [5.74, 6) is 0. The Kier molecular flexibility index (Phi) is 5.99. The van der Waals surface area contributed by atoms with E-state index < -0.39 is 0 Å². The Hall–Kier alpha value is -0.0600. The van der Waals surface area contributed by atoms with E-state index in [4.69, 9.17) is 0 Å². The van der Waals surface area contributed by atoms with Gasteiger partial charge in [0.15, 0.2) is 0 Å². The highest BCUT2D eigenvalue weighted by Crippen LogP contribution is 2.35. The lowest BCUT2D eigenvalue weighted by atomic mass is 9.95. The summed E-state index contributed by atoms with van der Waals surface area (Å²) in [6.07, 6.45) is 8.41. The van der Waals surface area contributed by atoms with Gasteiger partial charge in [-0.05, 0) is 53.9 Å². The first-order chi connectivity index (χ1) is 8.81. The van der Waals surface area contributed by atoms with Crippen molar-refractivity contribution in [3.8, 4) is 0 Å². The zero-order valence-corrected chi connectivity index (χ0v) is 13.3. The topological polar surface area (TPSA) is 24.9 Å². The van der Waals surface area contributed by atoms with E-state index in [9.17, 15) is 0 Å². The first-order valence-electron chi connectivity index (χ1n) is 6.82. The van der Waals surface area contributed by atoms with Crippen molar-refractivity contribution in [2.75, 3.05) is 6.54 Å². The van der Waals surface area contributed by atoms with Crippen LogP contribution in [0.25, 0.3) is 0 Å². The molecule has 1 heterocycles. The van der Waals surface area contributed by atoms with Crippen LogP contribution in [0.1, 0.15) is 39.0 Å². The number of hydrogen-bond acceptors (Lipinski definition) is 3. The van der Waals surface area contributed by atoms with Gasteiger partial charge >= 0.3 is 0 Å². The van der Waals surface area contributed by atoms with Gasteiger partial charge in [0.2, 0.25) is 0 Å². The molecule has 18 heavy (non-hydrogen) atoms. The number of nitrogens with zero attached hydrogens (tertiary/aromatic N) is 1. The van der Waals surface area contributed by atoms with Gasteiger partial charge in [0, 0.05) is 22.0 Å². The first-order valence-corrected chi connectivity index (χ1v) is 8.49. The monoisotopic (exact) mass is 328 g/mol. The Morgan fingerprint density at radius 3 is 3.06 bits per heavy atom. The van der Waals surface area contributed by atoms with E-state index in [1.54, 1.807) is 0 Å². The summed E-state index contributed by atoms with van der Waals surface area (Å²) in [5, 5.41) is 5.49. The van der Waals surface area contributed by atoms with Crippen LogP contribution < -0.4 is 5.32 Å². The second kappa shape index (κ2) is 7.51. The molecule has 0 radical (unpaired) electrons. The zero-order valence-electron chi connectivity index (χ0n) is 10.9. The summed E-state index contributed by atoms with van der Waals surface area (Å²) >= 11 is 5.52. The molecule has 2 atom stereocenters. The number of aromatic nitrogens is 1. The van der Waals surface area contributed by atoms with Crippen molar-refractivity contribution in [1.82, 2.24) is 10.3 Å². The molecule has 1 aliphatic carbocycles. The minimum Gasteiger partial charge on any atom is -0.313 e. The number of hydrogen-bond donors (Lipinski definition) is 1. The Balaban J connectivity index is 1.98. The van der Waals surface area contributed by atoms with Gasteiger partial charge in [-0.2, -0.15) is 0 Å². The Labute approximate surface area is 122 Å². The molecule has 1 fully saturated rings. The van der Waals surface area contributed by atoms with Crippen molar-refractivity contribution in [3.63, 3.8) is 0 Å². The molecular formula is C14H21BrN2S. The van der Waals surface area contributed by atoms with Crippen molar-refractivity contribution in [3.05, 3.63) is 22.8 Å². The molecular weight excluding hydrogens is 308 g/mol. The Bertz CT molecular complexity index is 373. The lowest BCUT2D eigenvalue weighted by Gasteiger charge is -2.31. The smallest absolute Gasteiger partial charge is 0.110 e. The standard InChI is InChI=1S/C14H21BrN2S/c1-2-9-16-12-7-3-4-8-13(12)18-14-11(15)6-5-10-17-14/h5-6,10,12-13,16H,2-4,7-9H2,1H3. The van der Waals surface area contributed by atoms with Crippen molar-refractivity contribution in [2.24, 2.45) is 0 Å². The highest BCUT2D eigenvalue weighted by Gasteiger charge is 2.26. The minimum atomic E-state index is 0.651. The second-order valence-corrected chi connectivity index (χ2v) is 6.87. The highest BCUT2D eigenvalue weighted by atomic mass is 79.9. The van der Waals surface area contributed by atoms with E-state index in [1.807, 2.05) is 24.0 Å². The minimum absolute atomic E-state index is 0.651. The molecule has 4 heteroatoms. The molecule has 1 aromatic heterocycles. The van der Waals surface area contributed by atoms with Gasteiger partial charge in [-0.1, -0.05) is 19.8 Å². The quantitative estimate of drug-likeness (QED) is 0.874. The van der Waals surface area contributed by atoms with E-state index in [-0.39, 0.29) is 0 Å². The highest BCUT2D eigenvalue weighted by molar-refractivity contribution is 9.10. The van der Waals surface area contributed by atoms with Crippen LogP contribution in [-0.4, -0.2) is 22.8 Å². The van der Waals surface area contributed by atoms with Gasteiger partial charge in [0.25, 0.3) is 0 Å². The molecule has 2 rings (SSSR count). The normalized spacial score (nSPS) is 24.1. The molecule has 1 saturated carbocycles. The third-order valence-electron chi connectivity index (χ3n) is 3.35. The van der Waals surface area contributed by atoms with Crippen LogP contribution in [-0.2, 0) is 0 Å². The fourth-order valence-electron chi connectivity index (χ4n) is 2.40. The van der Waals surface area contributed by atoms with Gasteiger partial charge in [-0.25, -0.2) is 4.98 Å². The molecule has 0 aliphatic heterocycles. The third-order valence-corrected chi connectivity index (χ3v) is 5.66. The molecule has 0 aromatic carbocycles. The fourth-order valence-corrected chi connectivity index (χ4v) is 4.21. The number of nitrogens with one attached hydrogen (secondary N) is 1. The van der Waals surface area contributed by atoms with Gasteiger partial charge in [0.1, 0.15) is 5.03 Å². The number of halogens is 1.